The fourth-order valence-corrected chi connectivity index (χ4v) is 2.13. The fourth-order valence-electron chi connectivity index (χ4n) is 2.13. The highest BCUT2D eigenvalue weighted by atomic mass is 19.1. The van der Waals surface area contributed by atoms with Gasteiger partial charge in [-0.15, -0.1) is 0 Å². The number of carbonyl (C=O) groups excluding carboxylic acids is 1. The van der Waals surface area contributed by atoms with E-state index in [0.29, 0.717) is 17.2 Å². The third-order valence-electron chi connectivity index (χ3n) is 3.10. The van der Waals surface area contributed by atoms with Gasteiger partial charge in [0.15, 0.2) is 5.78 Å². The molecule has 0 aliphatic rings. The zero-order valence-electron chi connectivity index (χ0n) is 11.7. The van der Waals surface area contributed by atoms with E-state index in [1.807, 2.05) is 12.1 Å². The summed E-state index contributed by atoms with van der Waals surface area (Å²) in [5.74, 6) is -0.342. The zero-order chi connectivity index (χ0) is 14.7. The SMILES string of the molecule is CC(C)Cc1ccc(C(=O)c2ccc(N)cc2F)cc1. The monoisotopic (exact) mass is 271 g/mol. The smallest absolute Gasteiger partial charge is 0.195 e. The lowest BCUT2D eigenvalue weighted by atomic mass is 9.98. The van der Waals surface area contributed by atoms with Crippen LogP contribution < -0.4 is 5.73 Å². The standard InChI is InChI=1S/C17H18FNO/c1-11(2)9-12-3-5-13(6-4-12)17(20)15-8-7-14(19)10-16(15)18/h3-8,10-11H,9,19H2,1-2H3. The molecule has 0 aromatic heterocycles. The van der Waals surface area contributed by atoms with Crippen LogP contribution >= 0.6 is 0 Å². The first-order chi connectivity index (χ1) is 9.47. The Hall–Kier alpha value is -2.16. The van der Waals surface area contributed by atoms with Crippen molar-refractivity contribution >= 4 is 11.5 Å². The number of nitrogen functional groups attached to an aromatic ring is 1. The van der Waals surface area contributed by atoms with Gasteiger partial charge in [0.25, 0.3) is 0 Å². The molecule has 20 heavy (non-hydrogen) atoms. The molecule has 2 aromatic carbocycles. The fraction of sp³-hybridized carbons (Fsp3) is 0.235. The maximum atomic E-state index is 13.7. The van der Waals surface area contributed by atoms with Crippen LogP contribution in [-0.4, -0.2) is 5.78 Å². The van der Waals surface area contributed by atoms with Crippen molar-refractivity contribution in [3.63, 3.8) is 0 Å². The molecule has 0 amide bonds. The van der Waals surface area contributed by atoms with E-state index in [2.05, 4.69) is 13.8 Å². The molecule has 0 aliphatic carbocycles. The lowest BCUT2D eigenvalue weighted by Gasteiger charge is -2.07. The van der Waals surface area contributed by atoms with Crippen molar-refractivity contribution in [2.24, 2.45) is 5.92 Å². The summed E-state index contributed by atoms with van der Waals surface area (Å²) in [7, 11) is 0. The molecule has 0 radical (unpaired) electrons. The van der Waals surface area contributed by atoms with Gasteiger partial charge in [-0.1, -0.05) is 38.1 Å². The van der Waals surface area contributed by atoms with Crippen LogP contribution in [0.1, 0.15) is 35.3 Å². The summed E-state index contributed by atoms with van der Waals surface area (Å²) < 4.78 is 13.7. The molecule has 0 unspecified atom stereocenters. The van der Waals surface area contributed by atoms with Crippen molar-refractivity contribution in [3.8, 4) is 0 Å². The van der Waals surface area contributed by atoms with E-state index in [9.17, 15) is 9.18 Å². The number of halogens is 1. The minimum absolute atomic E-state index is 0.0517. The number of benzene rings is 2. The third-order valence-corrected chi connectivity index (χ3v) is 3.10. The minimum Gasteiger partial charge on any atom is -0.399 e. The molecule has 0 aliphatic heterocycles. The van der Waals surface area contributed by atoms with Crippen LogP contribution in [0.3, 0.4) is 0 Å². The van der Waals surface area contributed by atoms with E-state index in [1.165, 1.54) is 23.8 Å². The van der Waals surface area contributed by atoms with Gasteiger partial charge in [-0.2, -0.15) is 0 Å². The second kappa shape index (κ2) is 5.87. The summed E-state index contributed by atoms with van der Waals surface area (Å²) in [6.45, 7) is 4.28. The van der Waals surface area contributed by atoms with E-state index in [0.717, 1.165) is 6.42 Å². The van der Waals surface area contributed by atoms with Crippen LogP contribution in [0.5, 0.6) is 0 Å². The maximum absolute atomic E-state index is 13.7. The lowest BCUT2D eigenvalue weighted by Crippen LogP contribution is -2.05. The van der Waals surface area contributed by atoms with Gasteiger partial charge in [0.1, 0.15) is 5.82 Å². The number of anilines is 1. The molecule has 0 fully saturated rings. The normalized spacial score (nSPS) is 10.8. The Morgan fingerprint density at radius 3 is 2.35 bits per heavy atom. The average molecular weight is 271 g/mol. The number of ketones is 1. The van der Waals surface area contributed by atoms with Gasteiger partial charge in [-0.25, -0.2) is 4.39 Å². The van der Waals surface area contributed by atoms with Gasteiger partial charge in [-0.05, 0) is 36.1 Å². The van der Waals surface area contributed by atoms with Crippen LogP contribution in [0, 0.1) is 11.7 Å². The highest BCUT2D eigenvalue weighted by molar-refractivity contribution is 6.09. The lowest BCUT2D eigenvalue weighted by molar-refractivity contribution is 0.103. The summed E-state index contributed by atoms with van der Waals surface area (Å²) >= 11 is 0. The maximum Gasteiger partial charge on any atom is 0.195 e. The summed E-state index contributed by atoms with van der Waals surface area (Å²) in [6.07, 6.45) is 0.963. The van der Waals surface area contributed by atoms with Gasteiger partial charge in [0, 0.05) is 11.3 Å². The van der Waals surface area contributed by atoms with Crippen LogP contribution in [0.2, 0.25) is 0 Å². The van der Waals surface area contributed by atoms with Crippen LogP contribution in [0.4, 0.5) is 10.1 Å². The van der Waals surface area contributed by atoms with E-state index < -0.39 is 5.82 Å². The van der Waals surface area contributed by atoms with Gasteiger partial charge in [0.2, 0.25) is 0 Å². The van der Waals surface area contributed by atoms with Crippen LogP contribution in [0.25, 0.3) is 0 Å². The van der Waals surface area contributed by atoms with Crippen molar-refractivity contribution in [2.45, 2.75) is 20.3 Å². The molecule has 2 aromatic rings. The second-order valence-corrected chi connectivity index (χ2v) is 5.36. The van der Waals surface area contributed by atoms with E-state index >= 15 is 0 Å². The Labute approximate surface area is 118 Å². The average Bonchev–Trinajstić information content (AvgIpc) is 2.38. The largest absolute Gasteiger partial charge is 0.399 e. The third kappa shape index (κ3) is 3.23. The predicted octanol–water partition coefficient (Wildman–Crippen LogP) is 3.84. The van der Waals surface area contributed by atoms with Crippen molar-refractivity contribution in [3.05, 3.63) is 65.0 Å². The molecule has 0 spiro atoms. The quantitative estimate of drug-likeness (QED) is 0.678. The summed E-state index contributed by atoms with van der Waals surface area (Å²) in [5, 5.41) is 0. The van der Waals surface area contributed by atoms with Gasteiger partial charge in [-0.3, -0.25) is 4.79 Å². The Morgan fingerprint density at radius 2 is 1.80 bits per heavy atom. The van der Waals surface area contributed by atoms with Crippen LogP contribution in [-0.2, 0) is 6.42 Å². The zero-order valence-corrected chi connectivity index (χ0v) is 11.7. The van der Waals surface area contributed by atoms with E-state index in [-0.39, 0.29) is 11.3 Å². The van der Waals surface area contributed by atoms with Gasteiger partial charge in [0.05, 0.1) is 5.56 Å². The molecule has 0 saturated heterocycles. The minimum atomic E-state index is -0.582. The Balaban J connectivity index is 2.25. The number of nitrogens with two attached hydrogens (primary N) is 1. The molecule has 0 saturated carbocycles. The van der Waals surface area contributed by atoms with E-state index in [4.69, 9.17) is 5.73 Å². The van der Waals surface area contributed by atoms with Gasteiger partial charge >= 0.3 is 0 Å². The van der Waals surface area contributed by atoms with E-state index in [1.54, 1.807) is 12.1 Å². The Kier molecular flexibility index (Phi) is 4.18. The molecule has 0 heterocycles. The molecular formula is C17H18FNO. The summed E-state index contributed by atoms with van der Waals surface area (Å²) in [4.78, 5) is 12.2. The van der Waals surface area contributed by atoms with Crippen molar-refractivity contribution < 1.29 is 9.18 Å². The first-order valence-corrected chi connectivity index (χ1v) is 6.66. The molecule has 2 rings (SSSR count). The van der Waals surface area contributed by atoms with Gasteiger partial charge < -0.3 is 5.73 Å². The molecule has 104 valence electrons. The number of hydrogen-bond acceptors (Lipinski definition) is 2. The highest BCUT2D eigenvalue weighted by Crippen LogP contribution is 2.17. The highest BCUT2D eigenvalue weighted by Gasteiger charge is 2.14. The molecule has 2 nitrogen and oxygen atoms in total. The van der Waals surface area contributed by atoms with Crippen molar-refractivity contribution in [1.29, 1.82) is 0 Å². The summed E-state index contributed by atoms with van der Waals surface area (Å²) in [6, 6.07) is 11.5. The second-order valence-electron chi connectivity index (χ2n) is 5.36. The number of carbonyl (C=O) groups is 1. The molecule has 3 heteroatoms. The number of hydrogen-bond donors (Lipinski definition) is 1. The van der Waals surface area contributed by atoms with Crippen molar-refractivity contribution in [1.82, 2.24) is 0 Å². The summed E-state index contributed by atoms with van der Waals surface area (Å²) in [5.41, 5.74) is 7.51. The first kappa shape index (κ1) is 14.3. The Morgan fingerprint density at radius 1 is 1.15 bits per heavy atom. The van der Waals surface area contributed by atoms with Crippen LogP contribution in [0.15, 0.2) is 42.5 Å². The molecule has 0 bridgehead atoms. The number of rotatable bonds is 4. The van der Waals surface area contributed by atoms with Crippen molar-refractivity contribution in [2.75, 3.05) is 5.73 Å². The molecule has 2 N–H and O–H groups in total. The Bertz CT molecular complexity index is 617. The topological polar surface area (TPSA) is 43.1 Å². The molecule has 0 atom stereocenters. The molecular weight excluding hydrogens is 253 g/mol. The first-order valence-electron chi connectivity index (χ1n) is 6.66. The predicted molar refractivity (Wildman–Crippen MR) is 79.2 cm³/mol.